The molecule has 3 heterocycles. The fraction of sp³-hybridized carbons (Fsp3) is 0.571. The second-order valence-electron chi connectivity index (χ2n) is 12.3. The van der Waals surface area contributed by atoms with E-state index in [0.717, 1.165) is 26.5 Å². The number of ether oxygens (including phenoxy) is 2. The zero-order chi connectivity index (χ0) is 28.4. The molecule has 2 amide bonds. The Morgan fingerprint density at radius 3 is 2.70 bits per heavy atom. The first kappa shape index (κ1) is 27.1. The maximum atomic E-state index is 12.1. The molecular weight excluding hydrogens is 530 g/mol. The molecule has 2 aromatic heterocycles. The number of hydrogen-bond acceptors (Lipinski definition) is 10. The van der Waals surface area contributed by atoms with E-state index in [1.807, 2.05) is 59.7 Å². The molecule has 40 heavy (non-hydrogen) atoms. The average molecular weight is 568 g/mol. The zero-order valence-corrected chi connectivity index (χ0v) is 24.5. The largest absolute Gasteiger partial charge is 0.390 e. The molecule has 2 aliphatic carbocycles. The van der Waals surface area contributed by atoms with Crippen molar-refractivity contribution < 1.29 is 19.4 Å². The van der Waals surface area contributed by atoms with Gasteiger partial charge in [-0.25, -0.2) is 14.8 Å². The summed E-state index contributed by atoms with van der Waals surface area (Å²) in [6.07, 6.45) is -0.115. The molecule has 214 valence electrons. The summed E-state index contributed by atoms with van der Waals surface area (Å²) in [4.78, 5) is 26.6. The fourth-order valence-electron chi connectivity index (χ4n) is 6.00. The predicted molar refractivity (Wildman–Crippen MR) is 154 cm³/mol. The van der Waals surface area contributed by atoms with E-state index in [9.17, 15) is 9.90 Å². The Hall–Kier alpha value is -3.06. The van der Waals surface area contributed by atoms with E-state index in [2.05, 4.69) is 27.3 Å². The minimum Gasteiger partial charge on any atom is -0.390 e. The summed E-state index contributed by atoms with van der Waals surface area (Å²) in [6.45, 7) is 12.4. The summed E-state index contributed by atoms with van der Waals surface area (Å²) >= 11 is 1.60. The van der Waals surface area contributed by atoms with Gasteiger partial charge in [0.2, 0.25) is 5.95 Å². The van der Waals surface area contributed by atoms with Crippen molar-refractivity contribution in [1.82, 2.24) is 25.6 Å². The normalized spacial score (nSPS) is 28.2. The van der Waals surface area contributed by atoms with Crippen LogP contribution in [-0.4, -0.2) is 74.4 Å². The SMILES string of the molecule is Cc1nc(NCCNC(=O)NC(C)(C)C)nc(N[C@@H]2C[C@@H]3C(O)[C@@]34OC(C)(C)O[C@@H]24)c1-c1nc2ccccc2s1. The molecule has 0 bridgehead atoms. The van der Waals surface area contributed by atoms with E-state index in [1.165, 1.54) is 0 Å². The summed E-state index contributed by atoms with van der Waals surface area (Å²) < 4.78 is 13.6. The quantitative estimate of drug-likeness (QED) is 0.271. The number of nitrogens with one attached hydrogen (secondary N) is 4. The van der Waals surface area contributed by atoms with Gasteiger partial charge in [-0.15, -0.1) is 11.3 Å². The number of anilines is 2. The van der Waals surface area contributed by atoms with Crippen molar-refractivity contribution in [2.24, 2.45) is 5.92 Å². The van der Waals surface area contributed by atoms with Gasteiger partial charge in [-0.3, -0.25) is 0 Å². The molecule has 1 spiro atoms. The van der Waals surface area contributed by atoms with Crippen LogP contribution in [0.15, 0.2) is 24.3 Å². The number of aliphatic hydroxyl groups excluding tert-OH is 1. The van der Waals surface area contributed by atoms with Crippen LogP contribution in [0.1, 0.15) is 46.7 Å². The van der Waals surface area contributed by atoms with Crippen molar-refractivity contribution >= 4 is 39.4 Å². The Morgan fingerprint density at radius 2 is 1.95 bits per heavy atom. The first-order chi connectivity index (χ1) is 18.9. The summed E-state index contributed by atoms with van der Waals surface area (Å²) in [5, 5.41) is 24.1. The highest BCUT2D eigenvalue weighted by Gasteiger charge is 2.81. The van der Waals surface area contributed by atoms with Gasteiger partial charge in [-0.1, -0.05) is 12.1 Å². The van der Waals surface area contributed by atoms with Crippen LogP contribution in [0.3, 0.4) is 0 Å². The number of aromatic nitrogens is 3. The van der Waals surface area contributed by atoms with Gasteiger partial charge >= 0.3 is 6.03 Å². The molecule has 1 aliphatic heterocycles. The van der Waals surface area contributed by atoms with E-state index in [0.29, 0.717) is 31.3 Å². The van der Waals surface area contributed by atoms with Crippen LogP contribution in [0.2, 0.25) is 0 Å². The fourth-order valence-corrected chi connectivity index (χ4v) is 7.06. The highest BCUT2D eigenvalue weighted by molar-refractivity contribution is 7.21. The topological polar surface area (TPSA) is 143 Å². The van der Waals surface area contributed by atoms with Crippen molar-refractivity contribution in [3.63, 3.8) is 0 Å². The third kappa shape index (κ3) is 4.87. The van der Waals surface area contributed by atoms with Gasteiger partial charge in [0.15, 0.2) is 5.79 Å². The molecule has 6 rings (SSSR count). The van der Waals surface area contributed by atoms with Crippen molar-refractivity contribution in [2.45, 2.75) is 83.1 Å². The summed E-state index contributed by atoms with van der Waals surface area (Å²) in [6, 6.07) is 7.71. The van der Waals surface area contributed by atoms with Gasteiger partial charge in [-0.05, 0) is 60.1 Å². The number of fused-ring (bicyclic) bond motifs is 1. The molecule has 3 fully saturated rings. The van der Waals surface area contributed by atoms with Crippen LogP contribution in [0.4, 0.5) is 16.6 Å². The number of urea groups is 1. The minimum atomic E-state index is -0.767. The summed E-state index contributed by atoms with van der Waals surface area (Å²) in [5.74, 6) is 0.354. The number of benzene rings is 1. The molecule has 1 saturated heterocycles. The Morgan fingerprint density at radius 1 is 1.18 bits per heavy atom. The Labute approximate surface area is 237 Å². The van der Waals surface area contributed by atoms with Crippen LogP contribution >= 0.6 is 11.3 Å². The number of aryl methyl sites for hydroxylation is 1. The van der Waals surface area contributed by atoms with Crippen molar-refractivity contribution in [2.75, 3.05) is 23.7 Å². The molecule has 11 nitrogen and oxygen atoms in total. The number of hydrogen-bond donors (Lipinski definition) is 5. The van der Waals surface area contributed by atoms with Crippen molar-refractivity contribution in [3.05, 3.63) is 30.0 Å². The van der Waals surface area contributed by atoms with Crippen molar-refractivity contribution in [3.8, 4) is 10.6 Å². The second-order valence-corrected chi connectivity index (χ2v) is 13.4. The first-order valence-electron chi connectivity index (χ1n) is 13.7. The minimum absolute atomic E-state index is 0.0218. The Kier molecular flexibility index (Phi) is 6.45. The smallest absolute Gasteiger partial charge is 0.315 e. The molecule has 1 aromatic carbocycles. The van der Waals surface area contributed by atoms with Crippen LogP contribution in [0, 0.1) is 12.8 Å². The van der Waals surface area contributed by atoms with E-state index >= 15 is 0 Å². The summed E-state index contributed by atoms with van der Waals surface area (Å²) in [7, 11) is 0. The second kappa shape index (κ2) is 9.51. The number of thiazole rings is 1. The van der Waals surface area contributed by atoms with Gasteiger partial charge in [0.25, 0.3) is 0 Å². The number of amides is 2. The molecular formula is C28H37N7O4S. The number of carbonyl (C=O) groups excluding carboxylic acids is 1. The predicted octanol–water partition coefficient (Wildman–Crippen LogP) is 3.64. The standard InChI is InChI=1S/C28H37N7O4S/c1-14-19(23-33-16-9-7-8-10-18(16)40-23)22(34-24(31-14)29-11-12-30-25(37)35-26(2,3)4)32-17-13-15-20(36)28(15)21(17)38-27(5,6)39-28/h7-10,15,17,20-21,36H,11-13H2,1-6H3,(H2,30,35,37)(H2,29,31,32,34)/t15-,17-,20?,21+,28+/m1/s1. The highest BCUT2D eigenvalue weighted by Crippen LogP contribution is 2.65. The highest BCUT2D eigenvalue weighted by atomic mass is 32.1. The number of para-hydroxylation sites is 1. The van der Waals surface area contributed by atoms with Gasteiger partial charge in [0, 0.05) is 24.5 Å². The molecule has 5 atom stereocenters. The molecule has 5 N–H and O–H groups in total. The molecule has 3 aromatic rings. The Bertz CT molecular complexity index is 1420. The van der Waals surface area contributed by atoms with Crippen LogP contribution in [0.5, 0.6) is 0 Å². The summed E-state index contributed by atoms with van der Waals surface area (Å²) in [5.41, 5.74) is 1.56. The molecule has 3 aliphatic rings. The number of rotatable bonds is 7. The lowest BCUT2D eigenvalue weighted by molar-refractivity contribution is -0.157. The molecule has 0 radical (unpaired) electrons. The number of aliphatic hydroxyl groups is 1. The molecule has 1 unspecified atom stereocenters. The van der Waals surface area contributed by atoms with Gasteiger partial charge < -0.3 is 35.8 Å². The molecule has 12 heteroatoms. The lowest BCUT2D eigenvalue weighted by Gasteiger charge is -2.26. The van der Waals surface area contributed by atoms with Crippen LogP contribution in [-0.2, 0) is 9.47 Å². The average Bonchev–Trinajstić information content (AvgIpc) is 3.20. The lowest BCUT2D eigenvalue weighted by Crippen LogP contribution is -2.47. The first-order valence-corrected chi connectivity index (χ1v) is 14.5. The van der Waals surface area contributed by atoms with Gasteiger partial charge in [0.1, 0.15) is 22.5 Å². The maximum Gasteiger partial charge on any atom is 0.315 e. The van der Waals surface area contributed by atoms with E-state index < -0.39 is 17.5 Å². The van der Waals surface area contributed by atoms with Crippen LogP contribution in [0.25, 0.3) is 20.8 Å². The van der Waals surface area contributed by atoms with E-state index in [4.69, 9.17) is 24.4 Å². The van der Waals surface area contributed by atoms with Gasteiger partial charge in [-0.2, -0.15) is 4.98 Å². The number of nitrogens with zero attached hydrogens (tertiary/aromatic N) is 3. The maximum absolute atomic E-state index is 12.1. The lowest BCUT2D eigenvalue weighted by atomic mass is 10.1. The Balaban J connectivity index is 1.26. The molecule has 2 saturated carbocycles. The van der Waals surface area contributed by atoms with E-state index in [1.54, 1.807) is 11.3 Å². The van der Waals surface area contributed by atoms with Gasteiger partial charge in [0.05, 0.1) is 33.6 Å². The van der Waals surface area contributed by atoms with Crippen LogP contribution < -0.4 is 21.3 Å². The zero-order valence-electron chi connectivity index (χ0n) is 23.7. The van der Waals surface area contributed by atoms with Crippen molar-refractivity contribution in [1.29, 1.82) is 0 Å². The third-order valence-electron chi connectivity index (χ3n) is 7.57. The third-order valence-corrected chi connectivity index (χ3v) is 8.62. The van der Waals surface area contributed by atoms with E-state index in [-0.39, 0.29) is 29.6 Å². The number of carbonyl (C=O) groups is 1. The monoisotopic (exact) mass is 567 g/mol.